The van der Waals surface area contributed by atoms with Crippen LogP contribution in [-0.4, -0.2) is 33.9 Å². The molecule has 0 saturated carbocycles. The van der Waals surface area contributed by atoms with Gasteiger partial charge >= 0.3 is 0 Å². The normalized spacial score (nSPS) is 14.6. The van der Waals surface area contributed by atoms with Gasteiger partial charge in [-0.3, -0.25) is 4.79 Å². The number of carbonyl (C=O) groups is 1. The van der Waals surface area contributed by atoms with E-state index in [2.05, 4.69) is 45.6 Å². The maximum atomic E-state index is 12.8. The van der Waals surface area contributed by atoms with Gasteiger partial charge in [-0.05, 0) is 49.8 Å². The average Bonchev–Trinajstić information content (AvgIpc) is 2.77. The van der Waals surface area contributed by atoms with Gasteiger partial charge in [0.05, 0.1) is 5.56 Å². The predicted molar refractivity (Wildman–Crippen MR) is 115 cm³/mol. The number of carbonyl (C=O) groups excluding carboxylic acids is 1. The molecule has 4 rings (SSSR count). The van der Waals surface area contributed by atoms with E-state index in [1.807, 2.05) is 36.1 Å². The van der Waals surface area contributed by atoms with Crippen LogP contribution in [0.4, 0.5) is 11.6 Å². The number of nitrogens with zero attached hydrogens (tertiary/aromatic N) is 3. The summed E-state index contributed by atoms with van der Waals surface area (Å²) in [6.45, 7) is 3.63. The average molecular weight is 386 g/mol. The Morgan fingerprint density at radius 2 is 1.66 bits per heavy atom. The Morgan fingerprint density at radius 1 is 1.00 bits per heavy atom. The van der Waals surface area contributed by atoms with Gasteiger partial charge in [-0.2, -0.15) is 0 Å². The molecule has 1 aromatic heterocycles. The van der Waals surface area contributed by atoms with Crippen LogP contribution in [0.5, 0.6) is 0 Å². The molecule has 2 aromatic carbocycles. The maximum absolute atomic E-state index is 12.8. The fourth-order valence-corrected chi connectivity index (χ4v) is 3.74. The molecule has 0 bridgehead atoms. The summed E-state index contributed by atoms with van der Waals surface area (Å²) < 4.78 is 0. The number of likely N-dealkylation sites (tertiary alicyclic amines) is 1. The van der Waals surface area contributed by atoms with Gasteiger partial charge in [0.1, 0.15) is 0 Å². The molecule has 0 radical (unpaired) electrons. The summed E-state index contributed by atoms with van der Waals surface area (Å²) in [6, 6.07) is 18.6. The zero-order chi connectivity index (χ0) is 20.1. The first-order valence-corrected chi connectivity index (χ1v) is 10.2. The second-order valence-electron chi connectivity index (χ2n) is 7.71. The van der Waals surface area contributed by atoms with Crippen molar-refractivity contribution in [1.29, 1.82) is 0 Å². The smallest absolute Gasteiger partial charge is 0.256 e. The minimum absolute atomic E-state index is 0.0186. The van der Waals surface area contributed by atoms with E-state index in [1.165, 1.54) is 11.1 Å². The number of piperidine rings is 1. The van der Waals surface area contributed by atoms with E-state index < -0.39 is 0 Å². The molecule has 0 spiro atoms. The fourth-order valence-electron chi connectivity index (χ4n) is 3.74. The van der Waals surface area contributed by atoms with Crippen molar-refractivity contribution in [2.24, 2.45) is 5.92 Å². The van der Waals surface area contributed by atoms with Gasteiger partial charge < -0.3 is 10.2 Å². The van der Waals surface area contributed by atoms with Crippen molar-refractivity contribution < 1.29 is 4.79 Å². The van der Waals surface area contributed by atoms with Gasteiger partial charge in [-0.15, -0.1) is 0 Å². The molecule has 5 nitrogen and oxygen atoms in total. The third-order valence-corrected chi connectivity index (χ3v) is 5.48. The molecule has 0 atom stereocenters. The summed E-state index contributed by atoms with van der Waals surface area (Å²) in [5, 5.41) is 3.16. The van der Waals surface area contributed by atoms with Crippen LogP contribution in [-0.2, 0) is 6.42 Å². The molecule has 3 aromatic rings. The number of amides is 1. The minimum atomic E-state index is 0.0186. The standard InChI is InChI=1S/C24H26N4O/c1-18-7-9-22(10-8-18)27-24-25-16-21(17-26-24)23(29)28-13-11-20(12-14-28)15-19-5-3-2-4-6-19/h2-10,16-17,20H,11-15H2,1H3,(H,25,26,27). The number of hydrogen-bond acceptors (Lipinski definition) is 4. The third kappa shape index (κ3) is 4.99. The molecule has 0 aliphatic carbocycles. The lowest BCUT2D eigenvalue weighted by Crippen LogP contribution is -2.39. The monoisotopic (exact) mass is 386 g/mol. The van der Waals surface area contributed by atoms with Crippen LogP contribution in [0.15, 0.2) is 67.0 Å². The van der Waals surface area contributed by atoms with Crippen LogP contribution in [0.25, 0.3) is 0 Å². The van der Waals surface area contributed by atoms with Crippen LogP contribution < -0.4 is 5.32 Å². The van der Waals surface area contributed by atoms with Crippen LogP contribution in [0.1, 0.15) is 34.3 Å². The number of aryl methyl sites for hydroxylation is 1. The highest BCUT2D eigenvalue weighted by atomic mass is 16.2. The van der Waals surface area contributed by atoms with E-state index in [0.29, 0.717) is 17.4 Å². The Bertz CT molecular complexity index is 931. The summed E-state index contributed by atoms with van der Waals surface area (Å²) in [4.78, 5) is 23.3. The lowest BCUT2D eigenvalue weighted by molar-refractivity contribution is 0.0689. The molecule has 0 unspecified atom stereocenters. The minimum Gasteiger partial charge on any atom is -0.339 e. The molecule has 1 aliphatic heterocycles. The van der Waals surface area contributed by atoms with Crippen molar-refractivity contribution in [3.05, 3.63) is 83.7 Å². The molecule has 1 amide bonds. The van der Waals surface area contributed by atoms with Crippen molar-refractivity contribution in [2.75, 3.05) is 18.4 Å². The number of hydrogen-bond donors (Lipinski definition) is 1. The van der Waals surface area contributed by atoms with E-state index in [9.17, 15) is 4.79 Å². The number of nitrogens with one attached hydrogen (secondary N) is 1. The largest absolute Gasteiger partial charge is 0.339 e. The van der Waals surface area contributed by atoms with Crippen molar-refractivity contribution >= 4 is 17.5 Å². The Morgan fingerprint density at radius 3 is 2.31 bits per heavy atom. The van der Waals surface area contributed by atoms with Crippen LogP contribution in [0.2, 0.25) is 0 Å². The zero-order valence-corrected chi connectivity index (χ0v) is 16.7. The second kappa shape index (κ2) is 8.86. The van der Waals surface area contributed by atoms with Crippen molar-refractivity contribution in [3.8, 4) is 0 Å². The van der Waals surface area contributed by atoms with E-state index in [4.69, 9.17) is 0 Å². The molecule has 2 heterocycles. The fraction of sp³-hybridized carbons (Fsp3) is 0.292. The molecule has 5 heteroatoms. The van der Waals surface area contributed by atoms with Gasteiger partial charge in [-0.1, -0.05) is 48.0 Å². The Hall–Kier alpha value is -3.21. The van der Waals surface area contributed by atoms with Gasteiger partial charge in [0.25, 0.3) is 5.91 Å². The van der Waals surface area contributed by atoms with E-state index in [0.717, 1.165) is 38.0 Å². The van der Waals surface area contributed by atoms with Crippen LogP contribution in [0.3, 0.4) is 0 Å². The SMILES string of the molecule is Cc1ccc(Nc2ncc(C(=O)N3CCC(Cc4ccccc4)CC3)cn2)cc1. The number of anilines is 2. The summed E-state index contributed by atoms with van der Waals surface area (Å²) in [5.41, 5.74) is 4.04. The molecule has 148 valence electrons. The molecule has 1 saturated heterocycles. The van der Waals surface area contributed by atoms with Gasteiger partial charge in [0, 0.05) is 31.2 Å². The summed E-state index contributed by atoms with van der Waals surface area (Å²) in [7, 11) is 0. The first-order valence-electron chi connectivity index (χ1n) is 10.2. The lowest BCUT2D eigenvalue weighted by Gasteiger charge is -2.32. The van der Waals surface area contributed by atoms with Gasteiger partial charge in [-0.25, -0.2) is 9.97 Å². The first kappa shape index (κ1) is 19.1. The molecule has 1 N–H and O–H groups in total. The second-order valence-corrected chi connectivity index (χ2v) is 7.71. The van der Waals surface area contributed by atoms with Crippen molar-refractivity contribution in [2.45, 2.75) is 26.2 Å². The maximum Gasteiger partial charge on any atom is 0.256 e. The summed E-state index contributed by atoms with van der Waals surface area (Å²) in [5.74, 6) is 1.15. The Kier molecular flexibility index (Phi) is 5.84. The highest BCUT2D eigenvalue weighted by Gasteiger charge is 2.24. The molecule has 1 fully saturated rings. The van der Waals surface area contributed by atoms with Gasteiger partial charge in [0.2, 0.25) is 5.95 Å². The topological polar surface area (TPSA) is 58.1 Å². The number of aromatic nitrogens is 2. The van der Waals surface area contributed by atoms with Crippen LogP contribution >= 0.6 is 0 Å². The Balaban J connectivity index is 1.31. The van der Waals surface area contributed by atoms with Crippen LogP contribution in [0, 0.1) is 12.8 Å². The molecular formula is C24H26N4O. The van der Waals surface area contributed by atoms with Gasteiger partial charge in [0.15, 0.2) is 0 Å². The zero-order valence-electron chi connectivity index (χ0n) is 16.7. The molecular weight excluding hydrogens is 360 g/mol. The van der Waals surface area contributed by atoms with Crippen molar-refractivity contribution in [1.82, 2.24) is 14.9 Å². The predicted octanol–water partition coefficient (Wildman–Crippen LogP) is 4.62. The van der Waals surface area contributed by atoms with Crippen molar-refractivity contribution in [3.63, 3.8) is 0 Å². The van der Waals surface area contributed by atoms with E-state index in [1.54, 1.807) is 12.4 Å². The summed E-state index contributed by atoms with van der Waals surface area (Å²) in [6.07, 6.45) is 6.39. The quantitative estimate of drug-likeness (QED) is 0.695. The highest BCUT2D eigenvalue weighted by Crippen LogP contribution is 2.23. The van der Waals surface area contributed by atoms with E-state index >= 15 is 0 Å². The third-order valence-electron chi connectivity index (χ3n) is 5.48. The van der Waals surface area contributed by atoms with E-state index in [-0.39, 0.29) is 5.91 Å². The lowest BCUT2D eigenvalue weighted by atomic mass is 9.90. The number of rotatable bonds is 5. The highest BCUT2D eigenvalue weighted by molar-refractivity contribution is 5.93. The number of benzene rings is 2. The molecule has 29 heavy (non-hydrogen) atoms. The Labute approximate surface area is 171 Å². The molecule has 1 aliphatic rings. The summed E-state index contributed by atoms with van der Waals surface area (Å²) >= 11 is 0. The first-order chi connectivity index (χ1) is 14.2.